The van der Waals surface area contributed by atoms with Gasteiger partial charge in [-0.1, -0.05) is 303 Å². The van der Waals surface area contributed by atoms with Crippen molar-refractivity contribution in [1.29, 1.82) is 0 Å². The number of hydrogen-bond acceptors (Lipinski definition) is 7. The summed E-state index contributed by atoms with van der Waals surface area (Å²) in [6.45, 7) is 4.13. The number of carbonyl (C=O) groups is 2. The van der Waals surface area contributed by atoms with Crippen molar-refractivity contribution in [3.05, 3.63) is 231 Å². The van der Waals surface area contributed by atoms with Crippen molar-refractivity contribution < 1.29 is 42.1 Å². The SMILES string of the molecule is CC/C=C\C/C=C\C/C=C\C/C=C\C/C=C\C/C=C\C/C=C\C/C=C\C/C=C\C/C=C\CCCCCCCCCCCCC(=O)OC(COC(=O)CCCCC/C=C\C/C=C\C/C=C\C/C=C\C/C=C\C/C=C\C/C=C\C/C=C\C/C=C\CC)COP(=O)(O)OCC[N+](C)(C)C. The average Bonchev–Trinajstić information content (AvgIpc) is 2.54. The molecule has 0 fully saturated rings. The van der Waals surface area contributed by atoms with Gasteiger partial charge in [0, 0.05) is 12.8 Å². The lowest BCUT2D eigenvalue weighted by Gasteiger charge is -2.24. The third-order valence-electron chi connectivity index (χ3n) is 14.7. The van der Waals surface area contributed by atoms with Gasteiger partial charge in [0.25, 0.3) is 0 Å². The first kappa shape index (κ1) is 90.1. The number of esters is 2. The normalized spacial score (nSPS) is 14.4. The monoisotopic (exact) mass is 1340 g/mol. The van der Waals surface area contributed by atoms with E-state index >= 15 is 0 Å². The van der Waals surface area contributed by atoms with E-state index in [-0.39, 0.29) is 26.1 Å². The number of phosphoric acid groups is 1. The highest BCUT2D eigenvalue weighted by Crippen LogP contribution is 2.43. The maximum Gasteiger partial charge on any atom is 0.472 e. The zero-order valence-corrected chi connectivity index (χ0v) is 61.9. The van der Waals surface area contributed by atoms with Gasteiger partial charge in [0.1, 0.15) is 19.8 Å². The lowest BCUT2D eigenvalue weighted by molar-refractivity contribution is -0.870. The highest BCUT2D eigenvalue weighted by molar-refractivity contribution is 7.47. The van der Waals surface area contributed by atoms with E-state index < -0.39 is 32.5 Å². The van der Waals surface area contributed by atoms with Gasteiger partial charge >= 0.3 is 19.8 Å². The average molecular weight is 1340 g/mol. The number of allylic oxidation sites excluding steroid dienone is 38. The summed E-state index contributed by atoms with van der Waals surface area (Å²) in [6, 6.07) is 0. The number of hydrogen-bond donors (Lipinski definition) is 1. The van der Waals surface area contributed by atoms with Crippen LogP contribution in [-0.2, 0) is 32.7 Å². The van der Waals surface area contributed by atoms with Crippen LogP contribution in [0.15, 0.2) is 231 Å². The minimum Gasteiger partial charge on any atom is -0.462 e. The third kappa shape index (κ3) is 77.1. The molecule has 0 aliphatic rings. The van der Waals surface area contributed by atoms with Crippen LogP contribution < -0.4 is 0 Å². The second-order valence-corrected chi connectivity index (χ2v) is 26.3. The Hall–Kier alpha value is -5.93. The summed E-state index contributed by atoms with van der Waals surface area (Å²) in [5.41, 5.74) is 0. The Kier molecular flexibility index (Phi) is 68.8. The Labute approximate surface area is 588 Å². The molecule has 0 bridgehead atoms. The smallest absolute Gasteiger partial charge is 0.462 e. The number of carbonyl (C=O) groups excluding carboxylic acids is 2. The van der Waals surface area contributed by atoms with E-state index in [0.717, 1.165) is 167 Å². The molecule has 0 rings (SSSR count). The van der Waals surface area contributed by atoms with Gasteiger partial charge < -0.3 is 18.9 Å². The molecule has 9 nitrogen and oxygen atoms in total. The molecule has 0 radical (unpaired) electrons. The van der Waals surface area contributed by atoms with E-state index in [1.54, 1.807) is 0 Å². The van der Waals surface area contributed by atoms with Gasteiger partial charge in [-0.05, 0) is 161 Å². The molecule has 0 heterocycles. The number of likely N-dealkylation sites (N-methyl/N-ethyl adjacent to an activating group) is 1. The van der Waals surface area contributed by atoms with Gasteiger partial charge in [0.15, 0.2) is 6.10 Å². The number of phosphoric ester groups is 1. The molecule has 0 aromatic rings. The van der Waals surface area contributed by atoms with Crippen LogP contribution in [0, 0.1) is 0 Å². The van der Waals surface area contributed by atoms with Gasteiger partial charge in [0.05, 0.1) is 27.7 Å². The Morgan fingerprint density at radius 2 is 0.562 bits per heavy atom. The van der Waals surface area contributed by atoms with Gasteiger partial charge in [-0.15, -0.1) is 0 Å². The minimum atomic E-state index is -4.42. The minimum absolute atomic E-state index is 0.0123. The third-order valence-corrected chi connectivity index (χ3v) is 15.7. The Balaban J connectivity index is 4.19. The van der Waals surface area contributed by atoms with E-state index in [4.69, 9.17) is 18.5 Å². The molecule has 0 amide bonds. The van der Waals surface area contributed by atoms with Crippen LogP contribution in [-0.4, -0.2) is 74.9 Å². The number of unbranched alkanes of at least 4 members (excludes halogenated alkanes) is 13. The molecule has 0 aliphatic heterocycles. The van der Waals surface area contributed by atoms with Gasteiger partial charge in [-0.2, -0.15) is 0 Å². The largest absolute Gasteiger partial charge is 0.472 e. The lowest BCUT2D eigenvalue weighted by Crippen LogP contribution is -2.37. The summed E-state index contributed by atoms with van der Waals surface area (Å²) in [7, 11) is 1.42. The van der Waals surface area contributed by atoms with E-state index in [9.17, 15) is 19.0 Å². The first-order chi connectivity index (χ1) is 47.0. The number of nitrogens with zero attached hydrogens (tertiary/aromatic N) is 1. The fourth-order valence-electron chi connectivity index (χ4n) is 9.09. The fourth-order valence-corrected chi connectivity index (χ4v) is 9.84. The first-order valence-electron chi connectivity index (χ1n) is 37.1. The van der Waals surface area contributed by atoms with Crippen molar-refractivity contribution in [3.63, 3.8) is 0 Å². The summed E-state index contributed by atoms with van der Waals surface area (Å²) in [4.78, 5) is 35.9. The summed E-state index contributed by atoms with van der Waals surface area (Å²) >= 11 is 0. The van der Waals surface area contributed by atoms with Crippen molar-refractivity contribution in [2.24, 2.45) is 0 Å². The van der Waals surface area contributed by atoms with Crippen LogP contribution >= 0.6 is 7.82 Å². The lowest BCUT2D eigenvalue weighted by atomic mass is 10.0. The van der Waals surface area contributed by atoms with Crippen LogP contribution in [0.2, 0.25) is 0 Å². The van der Waals surface area contributed by atoms with Crippen molar-refractivity contribution in [2.45, 2.75) is 251 Å². The van der Waals surface area contributed by atoms with Crippen molar-refractivity contribution in [2.75, 3.05) is 47.5 Å². The van der Waals surface area contributed by atoms with Crippen LogP contribution in [0.1, 0.15) is 245 Å². The summed E-state index contributed by atoms with van der Waals surface area (Å²) in [6.07, 6.45) is 119. The Morgan fingerprint density at radius 3 is 0.844 bits per heavy atom. The molecule has 2 atom stereocenters. The maximum absolute atomic E-state index is 12.9. The fraction of sp³-hybridized carbons (Fsp3) is 0.535. The molecule has 0 aliphatic carbocycles. The van der Waals surface area contributed by atoms with Crippen molar-refractivity contribution >= 4 is 19.8 Å². The topological polar surface area (TPSA) is 108 Å². The number of quaternary nitrogens is 1. The van der Waals surface area contributed by atoms with Gasteiger partial charge in [0.2, 0.25) is 0 Å². The van der Waals surface area contributed by atoms with Crippen LogP contribution in [0.5, 0.6) is 0 Å². The highest BCUT2D eigenvalue weighted by Gasteiger charge is 2.27. The highest BCUT2D eigenvalue weighted by atomic mass is 31.2. The Bertz CT molecular complexity index is 2480. The van der Waals surface area contributed by atoms with E-state index in [1.165, 1.54) is 38.5 Å². The molecule has 1 N–H and O–H groups in total. The second kappa shape index (κ2) is 73.3. The molecular formula is C86H135NO8P+. The molecule has 96 heavy (non-hydrogen) atoms. The quantitative estimate of drug-likeness (QED) is 0.0211. The summed E-state index contributed by atoms with van der Waals surface area (Å²) in [5.74, 6) is -0.858. The zero-order chi connectivity index (χ0) is 69.7. The molecule has 10 heteroatoms. The summed E-state index contributed by atoms with van der Waals surface area (Å²) in [5, 5.41) is 0. The Morgan fingerprint density at radius 1 is 0.323 bits per heavy atom. The number of rotatable bonds is 65. The molecule has 536 valence electrons. The maximum atomic E-state index is 12.9. The summed E-state index contributed by atoms with van der Waals surface area (Å²) < 4.78 is 34.7. The van der Waals surface area contributed by atoms with Crippen LogP contribution in [0.4, 0.5) is 0 Å². The molecule has 2 unspecified atom stereocenters. The molecule has 0 aromatic heterocycles. The van der Waals surface area contributed by atoms with Crippen LogP contribution in [0.25, 0.3) is 0 Å². The van der Waals surface area contributed by atoms with Gasteiger partial charge in [-0.3, -0.25) is 18.6 Å². The standard InChI is InChI=1S/C86H134NO8P/c1-6-8-10-12-14-16-18-20-22-24-26-28-30-32-34-36-38-39-40-41-42-43-44-45-46-47-49-51-53-55-57-59-61-63-65-67-69-71-73-75-77-79-86(89)95-84(83-94-96(90,91)93-81-80-87(3,4)5)82-92-85(88)78-76-74-72-70-68-66-64-62-60-58-56-54-52-50-48-37-35-33-31-29-27-25-23-21-19-17-15-13-11-9-7-2/h8-11,14-17,20-23,26-29,32-35,38-39,41-42,44-45,47-50,53-56,60,62,66,68,84H,6-7,12-13,18-19,24-25,30-31,36-37,40,43,46,51-52,57-59,61,63-65,67,69-83H2,1-5H3/p+1/b10-8-,11-9-,16-14-,17-15-,22-20-,23-21-,28-26-,29-27-,34-32-,35-33-,39-38-,42-41-,45-44-,49-47-,50-48-,55-53-,56-54-,62-60-,68-66-. The van der Waals surface area contributed by atoms with E-state index in [2.05, 4.69) is 245 Å². The zero-order valence-electron chi connectivity index (χ0n) is 61.0. The van der Waals surface area contributed by atoms with E-state index in [1.807, 2.05) is 21.1 Å². The molecule has 0 saturated carbocycles. The van der Waals surface area contributed by atoms with Crippen molar-refractivity contribution in [3.8, 4) is 0 Å². The van der Waals surface area contributed by atoms with Crippen LogP contribution in [0.3, 0.4) is 0 Å². The predicted octanol–water partition coefficient (Wildman–Crippen LogP) is 24.9. The second-order valence-electron chi connectivity index (χ2n) is 24.9. The molecule has 0 saturated heterocycles. The first-order valence-corrected chi connectivity index (χ1v) is 38.6. The molecule has 0 spiro atoms. The van der Waals surface area contributed by atoms with E-state index in [0.29, 0.717) is 23.9 Å². The number of ether oxygens (including phenoxy) is 2. The predicted molar refractivity (Wildman–Crippen MR) is 417 cm³/mol. The molecular weight excluding hydrogens is 1210 g/mol. The van der Waals surface area contributed by atoms with Crippen molar-refractivity contribution in [1.82, 2.24) is 0 Å². The molecule has 0 aromatic carbocycles. The van der Waals surface area contributed by atoms with Gasteiger partial charge in [-0.25, -0.2) is 4.57 Å².